The van der Waals surface area contributed by atoms with Crippen LogP contribution in [0.1, 0.15) is 16.7 Å². The van der Waals surface area contributed by atoms with E-state index in [1.807, 2.05) is 19.9 Å². The maximum atomic E-state index is 9.51. The minimum absolute atomic E-state index is 0.150. The molecule has 0 aliphatic heterocycles. The number of nitrogens with two attached hydrogens (primary N) is 1. The summed E-state index contributed by atoms with van der Waals surface area (Å²) < 4.78 is 0. The molecule has 0 fully saturated rings. The van der Waals surface area contributed by atoms with E-state index in [2.05, 4.69) is 0 Å². The molecule has 0 amide bonds. The molecule has 0 atom stereocenters. The lowest BCUT2D eigenvalue weighted by Crippen LogP contribution is -2.00. The van der Waals surface area contributed by atoms with Crippen LogP contribution in [0.5, 0.6) is 5.75 Å². The normalized spacial score (nSPS) is 10.3. The topological polar surface area (TPSA) is 46.2 Å². The molecule has 0 aromatic heterocycles. The third-order valence-corrected chi connectivity index (χ3v) is 2.48. The Hall–Kier alpha value is -0.730. The zero-order valence-electron chi connectivity index (χ0n) is 7.19. The van der Waals surface area contributed by atoms with E-state index in [4.69, 9.17) is 17.3 Å². The highest BCUT2D eigenvalue weighted by Gasteiger charge is 2.09. The molecule has 0 spiro atoms. The van der Waals surface area contributed by atoms with E-state index in [1.165, 1.54) is 0 Å². The van der Waals surface area contributed by atoms with E-state index >= 15 is 0 Å². The van der Waals surface area contributed by atoms with Crippen LogP contribution in [-0.4, -0.2) is 5.11 Å². The summed E-state index contributed by atoms with van der Waals surface area (Å²) in [5.74, 6) is 0.150. The number of phenolic OH excluding ortho intramolecular Hbond substituents is 1. The van der Waals surface area contributed by atoms with Crippen LogP contribution in [0.4, 0.5) is 0 Å². The first-order valence-electron chi connectivity index (χ1n) is 3.75. The SMILES string of the molecule is Cc1cc(CN)c(C)c(O)c1Cl. The average Bonchev–Trinajstić information content (AvgIpc) is 2.08. The number of aryl methyl sites for hydroxylation is 1. The van der Waals surface area contributed by atoms with Gasteiger partial charge < -0.3 is 10.8 Å². The first-order valence-corrected chi connectivity index (χ1v) is 4.13. The van der Waals surface area contributed by atoms with Crippen molar-refractivity contribution >= 4 is 11.6 Å². The predicted octanol–water partition coefficient (Wildman–Crippen LogP) is 2.12. The monoisotopic (exact) mass is 185 g/mol. The molecule has 1 aromatic rings. The number of halogens is 1. The lowest BCUT2D eigenvalue weighted by atomic mass is 10.0. The molecule has 1 aromatic carbocycles. The quantitative estimate of drug-likeness (QED) is 0.704. The summed E-state index contributed by atoms with van der Waals surface area (Å²) in [5, 5.41) is 9.93. The minimum atomic E-state index is 0.150. The van der Waals surface area contributed by atoms with E-state index in [-0.39, 0.29) is 5.75 Å². The summed E-state index contributed by atoms with van der Waals surface area (Å²) in [7, 11) is 0. The third-order valence-electron chi connectivity index (χ3n) is 2.00. The lowest BCUT2D eigenvalue weighted by Gasteiger charge is -2.09. The highest BCUT2D eigenvalue weighted by Crippen LogP contribution is 2.32. The number of aromatic hydroxyl groups is 1. The van der Waals surface area contributed by atoms with Crippen molar-refractivity contribution in [3.63, 3.8) is 0 Å². The Morgan fingerprint density at radius 3 is 2.58 bits per heavy atom. The third kappa shape index (κ3) is 1.40. The van der Waals surface area contributed by atoms with Gasteiger partial charge in [-0.05, 0) is 30.5 Å². The number of benzene rings is 1. The van der Waals surface area contributed by atoms with Crippen LogP contribution in [-0.2, 0) is 6.54 Å². The van der Waals surface area contributed by atoms with E-state index in [9.17, 15) is 5.11 Å². The highest BCUT2D eigenvalue weighted by atomic mass is 35.5. The molecule has 0 saturated heterocycles. The summed E-state index contributed by atoms with van der Waals surface area (Å²) in [5.41, 5.74) is 8.06. The van der Waals surface area contributed by atoms with Gasteiger partial charge in [-0.25, -0.2) is 0 Å². The second-order valence-corrected chi connectivity index (χ2v) is 3.22. The largest absolute Gasteiger partial charge is 0.506 e. The van der Waals surface area contributed by atoms with Crippen molar-refractivity contribution in [2.24, 2.45) is 5.73 Å². The van der Waals surface area contributed by atoms with Crippen LogP contribution in [0, 0.1) is 13.8 Å². The molecule has 1 rings (SSSR count). The minimum Gasteiger partial charge on any atom is -0.506 e. The number of hydrogen-bond donors (Lipinski definition) is 2. The van der Waals surface area contributed by atoms with Crippen molar-refractivity contribution < 1.29 is 5.11 Å². The highest BCUT2D eigenvalue weighted by molar-refractivity contribution is 6.32. The van der Waals surface area contributed by atoms with Gasteiger partial charge in [0.1, 0.15) is 5.75 Å². The summed E-state index contributed by atoms with van der Waals surface area (Å²) in [4.78, 5) is 0. The molecular formula is C9H12ClNO. The van der Waals surface area contributed by atoms with Crippen molar-refractivity contribution in [3.8, 4) is 5.75 Å². The molecular weight excluding hydrogens is 174 g/mol. The van der Waals surface area contributed by atoms with Crippen molar-refractivity contribution in [1.29, 1.82) is 0 Å². The zero-order chi connectivity index (χ0) is 9.30. The maximum Gasteiger partial charge on any atom is 0.137 e. The Kier molecular flexibility index (Phi) is 2.60. The van der Waals surface area contributed by atoms with Crippen LogP contribution in [0.3, 0.4) is 0 Å². The summed E-state index contributed by atoms with van der Waals surface area (Å²) in [6.45, 7) is 4.08. The Bertz CT molecular complexity index is 310. The van der Waals surface area contributed by atoms with Crippen molar-refractivity contribution in [2.75, 3.05) is 0 Å². The van der Waals surface area contributed by atoms with Crippen LogP contribution in [0.25, 0.3) is 0 Å². The smallest absolute Gasteiger partial charge is 0.137 e. The molecule has 12 heavy (non-hydrogen) atoms. The van der Waals surface area contributed by atoms with Gasteiger partial charge in [0.15, 0.2) is 0 Å². The molecule has 2 nitrogen and oxygen atoms in total. The van der Waals surface area contributed by atoms with Crippen LogP contribution < -0.4 is 5.73 Å². The molecule has 3 heteroatoms. The van der Waals surface area contributed by atoms with Crippen LogP contribution >= 0.6 is 11.6 Å². The summed E-state index contributed by atoms with van der Waals surface area (Å²) >= 11 is 5.82. The first-order chi connectivity index (χ1) is 5.57. The van der Waals surface area contributed by atoms with E-state index in [0.29, 0.717) is 11.6 Å². The van der Waals surface area contributed by atoms with Crippen molar-refractivity contribution in [1.82, 2.24) is 0 Å². The molecule has 0 aliphatic carbocycles. The number of hydrogen-bond acceptors (Lipinski definition) is 2. The fraction of sp³-hybridized carbons (Fsp3) is 0.333. The molecule has 0 saturated carbocycles. The van der Waals surface area contributed by atoms with Gasteiger partial charge in [-0.1, -0.05) is 17.7 Å². The van der Waals surface area contributed by atoms with Gasteiger partial charge >= 0.3 is 0 Å². The fourth-order valence-electron chi connectivity index (χ4n) is 1.15. The van der Waals surface area contributed by atoms with Crippen LogP contribution in [0.2, 0.25) is 5.02 Å². The van der Waals surface area contributed by atoms with Crippen molar-refractivity contribution in [3.05, 3.63) is 27.8 Å². The number of rotatable bonds is 1. The summed E-state index contributed by atoms with van der Waals surface area (Å²) in [6, 6.07) is 1.90. The number of phenols is 1. The van der Waals surface area contributed by atoms with E-state index in [0.717, 1.165) is 16.7 Å². The Labute approximate surface area is 77.0 Å². The molecule has 0 heterocycles. The Morgan fingerprint density at radius 1 is 1.50 bits per heavy atom. The van der Waals surface area contributed by atoms with Crippen molar-refractivity contribution in [2.45, 2.75) is 20.4 Å². The van der Waals surface area contributed by atoms with Crippen LogP contribution in [0.15, 0.2) is 6.07 Å². The Morgan fingerprint density at radius 2 is 2.08 bits per heavy atom. The van der Waals surface area contributed by atoms with Gasteiger partial charge in [0, 0.05) is 6.54 Å². The van der Waals surface area contributed by atoms with Gasteiger partial charge in [-0.15, -0.1) is 0 Å². The first kappa shape index (κ1) is 9.36. The average molecular weight is 186 g/mol. The fourth-order valence-corrected chi connectivity index (χ4v) is 1.34. The van der Waals surface area contributed by atoms with Gasteiger partial charge in [-0.3, -0.25) is 0 Å². The maximum absolute atomic E-state index is 9.51. The second kappa shape index (κ2) is 3.33. The van der Waals surface area contributed by atoms with Gasteiger partial charge in [0.05, 0.1) is 5.02 Å². The lowest BCUT2D eigenvalue weighted by molar-refractivity contribution is 0.470. The van der Waals surface area contributed by atoms with Gasteiger partial charge in [0.25, 0.3) is 0 Å². The molecule has 0 bridgehead atoms. The second-order valence-electron chi connectivity index (χ2n) is 2.84. The van der Waals surface area contributed by atoms with Gasteiger partial charge in [0.2, 0.25) is 0 Å². The molecule has 0 unspecified atom stereocenters. The van der Waals surface area contributed by atoms with E-state index < -0.39 is 0 Å². The molecule has 0 radical (unpaired) electrons. The molecule has 66 valence electrons. The molecule has 0 aliphatic rings. The molecule has 3 N–H and O–H groups in total. The van der Waals surface area contributed by atoms with Gasteiger partial charge in [-0.2, -0.15) is 0 Å². The zero-order valence-corrected chi connectivity index (χ0v) is 7.94. The summed E-state index contributed by atoms with van der Waals surface area (Å²) in [6.07, 6.45) is 0. The standard InChI is InChI=1S/C9H12ClNO/c1-5-3-7(4-11)6(2)9(12)8(5)10/h3,12H,4,11H2,1-2H3. The predicted molar refractivity (Wildman–Crippen MR) is 50.5 cm³/mol. The Balaban J connectivity index is 3.39. The van der Waals surface area contributed by atoms with E-state index in [1.54, 1.807) is 0 Å².